The number of ether oxygens (including phenoxy) is 1. The van der Waals surface area contributed by atoms with E-state index >= 15 is 0 Å². The van der Waals surface area contributed by atoms with Crippen LogP contribution < -0.4 is 0 Å². The summed E-state index contributed by atoms with van der Waals surface area (Å²) in [6.07, 6.45) is 5.94. The van der Waals surface area contributed by atoms with Crippen molar-refractivity contribution in [3.05, 3.63) is 27.7 Å². The summed E-state index contributed by atoms with van der Waals surface area (Å²) in [6, 6.07) is 0.0121. The van der Waals surface area contributed by atoms with Gasteiger partial charge in [-0.2, -0.15) is 0 Å². The van der Waals surface area contributed by atoms with Crippen LogP contribution in [0.1, 0.15) is 45.7 Å². The van der Waals surface area contributed by atoms with Gasteiger partial charge in [0.1, 0.15) is 15.6 Å². The fourth-order valence-electron chi connectivity index (χ4n) is 3.08. The number of halogens is 2. The van der Waals surface area contributed by atoms with Crippen molar-refractivity contribution in [2.75, 3.05) is 6.54 Å². The van der Waals surface area contributed by atoms with Gasteiger partial charge in [0, 0.05) is 19.0 Å². The van der Waals surface area contributed by atoms with E-state index in [-0.39, 0.29) is 17.8 Å². The minimum atomic E-state index is -0.522. The van der Waals surface area contributed by atoms with Crippen molar-refractivity contribution in [2.45, 2.75) is 58.1 Å². The largest absolute Gasteiger partial charge is 0.444 e. The number of nitrogens with zero attached hydrogens (tertiary/aromatic N) is 4. The third-order valence-corrected chi connectivity index (χ3v) is 5.33. The second-order valence-electron chi connectivity index (χ2n) is 7.31. The van der Waals surface area contributed by atoms with Crippen LogP contribution in [0, 0.1) is 9.52 Å². The molecule has 3 rings (SSSR count). The Morgan fingerprint density at radius 3 is 2.88 bits per heavy atom. The van der Waals surface area contributed by atoms with Crippen LogP contribution in [0.5, 0.6) is 0 Å². The molecule has 0 saturated carbocycles. The van der Waals surface area contributed by atoms with E-state index in [9.17, 15) is 9.18 Å². The minimum absolute atomic E-state index is 0.0121. The molecule has 0 unspecified atom stereocenters. The number of amides is 1. The quantitative estimate of drug-likeness (QED) is 0.640. The fraction of sp³-hybridized carbons (Fsp3) is 0.588. The van der Waals surface area contributed by atoms with E-state index in [0.29, 0.717) is 13.0 Å². The van der Waals surface area contributed by atoms with Gasteiger partial charge in [0.2, 0.25) is 0 Å². The van der Waals surface area contributed by atoms with Gasteiger partial charge in [-0.25, -0.2) is 19.2 Å². The number of fused-ring (bicyclic) bond motifs is 1. The monoisotopic (exact) mass is 460 g/mol. The highest BCUT2D eigenvalue weighted by atomic mass is 127. The number of hydrogen-bond acceptors (Lipinski definition) is 4. The molecule has 0 radical (unpaired) electrons. The molecule has 6 nitrogen and oxygen atoms in total. The molecule has 0 spiro atoms. The molecular formula is C17H22FIN4O2. The summed E-state index contributed by atoms with van der Waals surface area (Å²) in [4.78, 5) is 22.6. The molecule has 1 amide bonds. The zero-order valence-corrected chi connectivity index (χ0v) is 16.8. The van der Waals surface area contributed by atoms with Crippen LogP contribution in [-0.4, -0.2) is 43.5 Å². The highest BCUT2D eigenvalue weighted by molar-refractivity contribution is 14.1. The zero-order valence-electron chi connectivity index (χ0n) is 14.6. The Kier molecular flexibility index (Phi) is 5.17. The summed E-state index contributed by atoms with van der Waals surface area (Å²) in [6.45, 7) is 6.28. The molecule has 136 valence electrons. The van der Waals surface area contributed by atoms with E-state index in [4.69, 9.17) is 4.74 Å². The van der Waals surface area contributed by atoms with Crippen LogP contribution in [0.15, 0.2) is 12.5 Å². The van der Waals surface area contributed by atoms with E-state index in [1.54, 1.807) is 15.6 Å². The average Bonchev–Trinajstić information content (AvgIpc) is 2.84. The van der Waals surface area contributed by atoms with Gasteiger partial charge < -0.3 is 9.64 Å². The second-order valence-corrected chi connectivity index (χ2v) is 8.33. The third-order valence-electron chi connectivity index (χ3n) is 4.19. The highest BCUT2D eigenvalue weighted by Crippen LogP contribution is 2.25. The molecule has 2 aromatic heterocycles. The standard InChI is InChI=1S/C17H22FIN4O2/c1-17(2,3)25-16(24)22-7-5-4-6-11(22)8-13-14(19)23-10-20-9-12(18)15(23)21-13/h9-11H,4-8H2,1-3H3/t11-/m0/s1. The molecule has 2 aromatic rings. The molecule has 8 heteroatoms. The number of rotatable bonds is 2. The van der Waals surface area contributed by atoms with E-state index in [1.807, 2.05) is 20.8 Å². The molecule has 0 bridgehead atoms. The number of aromatic nitrogens is 3. The number of piperidine rings is 1. The van der Waals surface area contributed by atoms with Crippen molar-refractivity contribution in [1.29, 1.82) is 0 Å². The first-order chi connectivity index (χ1) is 11.8. The van der Waals surface area contributed by atoms with Gasteiger partial charge in [0.15, 0.2) is 11.5 Å². The van der Waals surface area contributed by atoms with Gasteiger partial charge in [0.05, 0.1) is 11.9 Å². The smallest absolute Gasteiger partial charge is 0.410 e. The maximum Gasteiger partial charge on any atom is 0.410 e. The Morgan fingerprint density at radius 2 is 2.20 bits per heavy atom. The summed E-state index contributed by atoms with van der Waals surface area (Å²) < 4.78 is 21.9. The van der Waals surface area contributed by atoms with E-state index in [0.717, 1.165) is 34.9 Å². The van der Waals surface area contributed by atoms with Gasteiger partial charge in [-0.1, -0.05) is 0 Å². The first-order valence-corrected chi connectivity index (χ1v) is 9.49. The lowest BCUT2D eigenvalue weighted by Crippen LogP contribution is -2.47. The number of carbonyl (C=O) groups excluding carboxylic acids is 1. The normalized spacial score (nSPS) is 18.6. The van der Waals surface area contributed by atoms with Crippen molar-refractivity contribution in [3.8, 4) is 0 Å². The summed E-state index contributed by atoms with van der Waals surface area (Å²) in [7, 11) is 0. The first-order valence-electron chi connectivity index (χ1n) is 8.42. The molecule has 25 heavy (non-hydrogen) atoms. The van der Waals surface area contributed by atoms with Crippen LogP contribution in [0.3, 0.4) is 0 Å². The van der Waals surface area contributed by atoms with Crippen molar-refractivity contribution >= 4 is 34.3 Å². The fourth-order valence-corrected chi connectivity index (χ4v) is 3.78. The lowest BCUT2D eigenvalue weighted by atomic mass is 9.98. The number of imidazole rings is 1. The van der Waals surface area contributed by atoms with E-state index in [2.05, 4.69) is 32.6 Å². The highest BCUT2D eigenvalue weighted by Gasteiger charge is 2.31. The zero-order chi connectivity index (χ0) is 18.2. The molecule has 0 aromatic carbocycles. The molecule has 3 heterocycles. The van der Waals surface area contributed by atoms with Gasteiger partial charge in [-0.3, -0.25) is 4.40 Å². The average molecular weight is 460 g/mol. The topological polar surface area (TPSA) is 59.7 Å². The molecule has 1 fully saturated rings. The Labute approximate surface area is 159 Å². The number of carbonyl (C=O) groups is 1. The lowest BCUT2D eigenvalue weighted by molar-refractivity contribution is 0.00984. The summed E-state index contributed by atoms with van der Waals surface area (Å²) in [5.74, 6) is -0.445. The van der Waals surface area contributed by atoms with Crippen LogP contribution in [0.2, 0.25) is 0 Å². The summed E-state index contributed by atoms with van der Waals surface area (Å²) >= 11 is 2.15. The predicted molar refractivity (Wildman–Crippen MR) is 99.9 cm³/mol. The molecule has 0 aliphatic carbocycles. The Balaban J connectivity index is 1.84. The van der Waals surface area contributed by atoms with Crippen molar-refractivity contribution in [2.24, 2.45) is 0 Å². The maximum absolute atomic E-state index is 13.9. The van der Waals surface area contributed by atoms with Crippen molar-refractivity contribution in [3.63, 3.8) is 0 Å². The van der Waals surface area contributed by atoms with Gasteiger partial charge in [-0.05, 0) is 62.6 Å². The molecule has 1 aliphatic rings. The number of hydrogen-bond donors (Lipinski definition) is 0. The Bertz CT molecular complexity index is 787. The van der Waals surface area contributed by atoms with Crippen LogP contribution >= 0.6 is 22.6 Å². The third kappa shape index (κ3) is 4.04. The number of likely N-dealkylation sites (tertiary alicyclic amines) is 1. The van der Waals surface area contributed by atoms with Gasteiger partial charge in [-0.15, -0.1) is 0 Å². The molecule has 1 saturated heterocycles. The summed E-state index contributed by atoms with van der Waals surface area (Å²) in [5, 5.41) is 0. The van der Waals surface area contributed by atoms with E-state index in [1.165, 1.54) is 0 Å². The van der Waals surface area contributed by atoms with Gasteiger partial charge >= 0.3 is 6.09 Å². The van der Waals surface area contributed by atoms with Crippen molar-refractivity contribution < 1.29 is 13.9 Å². The SMILES string of the molecule is CC(C)(C)OC(=O)N1CCCC[C@H]1Cc1nc2c(F)cncn2c1I. The van der Waals surface area contributed by atoms with Crippen molar-refractivity contribution in [1.82, 2.24) is 19.3 Å². The molecule has 1 aliphatic heterocycles. The van der Waals surface area contributed by atoms with Crippen LogP contribution in [0.4, 0.5) is 9.18 Å². The molecular weight excluding hydrogens is 438 g/mol. The predicted octanol–water partition coefficient (Wildman–Crippen LogP) is 3.81. The molecule has 1 atom stereocenters. The Morgan fingerprint density at radius 1 is 1.44 bits per heavy atom. The second kappa shape index (κ2) is 7.05. The lowest BCUT2D eigenvalue weighted by Gasteiger charge is -2.36. The maximum atomic E-state index is 13.9. The summed E-state index contributed by atoms with van der Waals surface area (Å²) in [5.41, 5.74) is 0.535. The van der Waals surface area contributed by atoms with Crippen LogP contribution in [0.25, 0.3) is 5.65 Å². The first kappa shape index (κ1) is 18.3. The van der Waals surface area contributed by atoms with Gasteiger partial charge in [0.25, 0.3) is 0 Å². The van der Waals surface area contributed by atoms with Crippen LogP contribution in [-0.2, 0) is 11.2 Å². The van der Waals surface area contributed by atoms with E-state index < -0.39 is 11.4 Å². The Hall–Kier alpha value is -1.45. The molecule has 0 N–H and O–H groups in total. The minimum Gasteiger partial charge on any atom is -0.444 e.